The second kappa shape index (κ2) is 2.39. The smallest absolute Gasteiger partial charge is 0.0954 e. The Morgan fingerprint density at radius 3 is 2.50 bits per heavy atom. The van der Waals surface area contributed by atoms with Gasteiger partial charge in [0.2, 0.25) is 0 Å². The zero-order valence-electron chi connectivity index (χ0n) is 11.0. The standard InChI is InChI=1S/C15H24O/c1-9-5-6-10-13(2,3)11-7-15(9,10)8-12-14(11,4)16-12/h9-12H,5-8H2,1-4H3/t9-,10+,11+,12-,14+,15+/m1/s1. The van der Waals surface area contributed by atoms with Gasteiger partial charge in [0, 0.05) is 0 Å². The van der Waals surface area contributed by atoms with E-state index in [0.29, 0.717) is 16.9 Å². The van der Waals surface area contributed by atoms with E-state index in [-0.39, 0.29) is 5.60 Å². The maximum absolute atomic E-state index is 6.09. The summed E-state index contributed by atoms with van der Waals surface area (Å²) in [4.78, 5) is 0. The van der Waals surface area contributed by atoms with Gasteiger partial charge in [0.1, 0.15) is 0 Å². The van der Waals surface area contributed by atoms with E-state index in [1.807, 2.05) is 0 Å². The number of ether oxygens (including phenoxy) is 1. The lowest BCUT2D eigenvalue weighted by Crippen LogP contribution is -2.36. The second-order valence-electron chi connectivity index (χ2n) is 7.84. The fourth-order valence-corrected chi connectivity index (χ4v) is 6.21. The largest absolute Gasteiger partial charge is 0.366 e. The van der Waals surface area contributed by atoms with Crippen LogP contribution in [-0.2, 0) is 4.74 Å². The molecule has 6 atom stereocenters. The summed E-state index contributed by atoms with van der Waals surface area (Å²) in [7, 11) is 0. The monoisotopic (exact) mass is 220 g/mol. The third-order valence-electron chi connectivity index (χ3n) is 7.18. The molecule has 1 aliphatic heterocycles. The molecule has 0 unspecified atom stereocenters. The van der Waals surface area contributed by atoms with Crippen LogP contribution in [0, 0.1) is 28.6 Å². The highest BCUT2D eigenvalue weighted by atomic mass is 16.6. The number of hydrogen-bond acceptors (Lipinski definition) is 1. The molecule has 2 bridgehead atoms. The van der Waals surface area contributed by atoms with E-state index < -0.39 is 0 Å². The van der Waals surface area contributed by atoms with Crippen molar-refractivity contribution in [2.75, 3.05) is 0 Å². The van der Waals surface area contributed by atoms with Crippen LogP contribution < -0.4 is 0 Å². The van der Waals surface area contributed by atoms with E-state index in [0.717, 1.165) is 17.8 Å². The average molecular weight is 220 g/mol. The van der Waals surface area contributed by atoms with E-state index in [9.17, 15) is 0 Å². The molecule has 4 aliphatic rings. The van der Waals surface area contributed by atoms with Crippen molar-refractivity contribution in [3.63, 3.8) is 0 Å². The van der Waals surface area contributed by atoms with E-state index in [4.69, 9.17) is 4.74 Å². The Morgan fingerprint density at radius 2 is 1.75 bits per heavy atom. The van der Waals surface area contributed by atoms with Crippen molar-refractivity contribution in [3.8, 4) is 0 Å². The molecule has 90 valence electrons. The molecule has 4 fully saturated rings. The average Bonchev–Trinajstić information content (AvgIpc) is 2.67. The molecule has 0 aromatic rings. The van der Waals surface area contributed by atoms with Crippen LogP contribution in [0.4, 0.5) is 0 Å². The van der Waals surface area contributed by atoms with Crippen LogP contribution in [-0.4, -0.2) is 11.7 Å². The summed E-state index contributed by atoms with van der Waals surface area (Å²) >= 11 is 0. The second-order valence-corrected chi connectivity index (χ2v) is 7.84. The van der Waals surface area contributed by atoms with Gasteiger partial charge in [-0.1, -0.05) is 20.8 Å². The molecule has 0 aromatic heterocycles. The fourth-order valence-electron chi connectivity index (χ4n) is 6.21. The predicted molar refractivity (Wildman–Crippen MR) is 64.1 cm³/mol. The summed E-state index contributed by atoms with van der Waals surface area (Å²) in [6.45, 7) is 9.93. The van der Waals surface area contributed by atoms with Crippen molar-refractivity contribution in [1.29, 1.82) is 0 Å². The van der Waals surface area contributed by atoms with Gasteiger partial charge in [-0.15, -0.1) is 0 Å². The number of fused-ring (bicyclic) bond motifs is 3. The summed E-state index contributed by atoms with van der Waals surface area (Å²) < 4.78 is 6.09. The summed E-state index contributed by atoms with van der Waals surface area (Å²) in [5.74, 6) is 2.75. The molecule has 3 saturated carbocycles. The minimum absolute atomic E-state index is 0.263. The Balaban J connectivity index is 1.85. The minimum atomic E-state index is 0.263. The summed E-state index contributed by atoms with van der Waals surface area (Å²) in [5, 5.41) is 0. The first-order chi connectivity index (χ1) is 7.41. The predicted octanol–water partition coefficient (Wildman–Crippen LogP) is 3.63. The Bertz CT molecular complexity index is 356. The van der Waals surface area contributed by atoms with Crippen LogP contribution in [0.3, 0.4) is 0 Å². The Hall–Kier alpha value is -0.0400. The van der Waals surface area contributed by atoms with Crippen LogP contribution in [0.2, 0.25) is 0 Å². The lowest BCUT2D eigenvalue weighted by molar-refractivity contribution is 0.0866. The van der Waals surface area contributed by atoms with Crippen LogP contribution in [0.1, 0.15) is 53.4 Å². The molecular weight excluding hydrogens is 196 g/mol. The van der Waals surface area contributed by atoms with Crippen molar-refractivity contribution in [1.82, 2.24) is 0 Å². The molecule has 1 saturated heterocycles. The minimum Gasteiger partial charge on any atom is -0.366 e. The molecule has 1 spiro atoms. The van der Waals surface area contributed by atoms with E-state index in [1.165, 1.54) is 25.7 Å². The Kier molecular flexibility index (Phi) is 1.48. The van der Waals surface area contributed by atoms with E-state index >= 15 is 0 Å². The molecule has 16 heavy (non-hydrogen) atoms. The van der Waals surface area contributed by atoms with Crippen LogP contribution in [0.5, 0.6) is 0 Å². The highest BCUT2D eigenvalue weighted by molar-refractivity contribution is 5.24. The molecule has 0 N–H and O–H groups in total. The van der Waals surface area contributed by atoms with Gasteiger partial charge in [0.25, 0.3) is 0 Å². The first kappa shape index (κ1) is 9.94. The maximum atomic E-state index is 6.09. The van der Waals surface area contributed by atoms with Crippen molar-refractivity contribution < 1.29 is 4.74 Å². The van der Waals surface area contributed by atoms with Crippen LogP contribution >= 0.6 is 0 Å². The van der Waals surface area contributed by atoms with Crippen molar-refractivity contribution in [2.45, 2.75) is 65.1 Å². The first-order valence-corrected chi connectivity index (χ1v) is 7.09. The molecule has 4 rings (SSSR count). The highest BCUT2D eigenvalue weighted by Crippen LogP contribution is 2.77. The number of epoxide rings is 1. The molecule has 0 radical (unpaired) electrons. The Morgan fingerprint density at radius 1 is 1.00 bits per heavy atom. The summed E-state index contributed by atoms with van der Waals surface area (Å²) in [6.07, 6.45) is 6.38. The van der Waals surface area contributed by atoms with E-state index in [2.05, 4.69) is 27.7 Å². The van der Waals surface area contributed by atoms with Gasteiger partial charge in [0.15, 0.2) is 0 Å². The van der Waals surface area contributed by atoms with Gasteiger partial charge in [-0.25, -0.2) is 0 Å². The Labute approximate surface area is 98.9 Å². The lowest BCUT2D eigenvalue weighted by Gasteiger charge is -2.37. The molecule has 0 aromatic carbocycles. The van der Waals surface area contributed by atoms with Crippen molar-refractivity contribution in [2.24, 2.45) is 28.6 Å². The number of rotatable bonds is 0. The maximum Gasteiger partial charge on any atom is 0.0954 e. The van der Waals surface area contributed by atoms with E-state index in [1.54, 1.807) is 0 Å². The van der Waals surface area contributed by atoms with Crippen molar-refractivity contribution >= 4 is 0 Å². The zero-order valence-corrected chi connectivity index (χ0v) is 11.0. The van der Waals surface area contributed by atoms with Gasteiger partial charge in [-0.05, 0) is 61.2 Å². The van der Waals surface area contributed by atoms with Gasteiger partial charge in [0.05, 0.1) is 11.7 Å². The molecule has 0 amide bonds. The number of hydrogen-bond donors (Lipinski definition) is 0. The van der Waals surface area contributed by atoms with Gasteiger partial charge in [-0.2, -0.15) is 0 Å². The quantitative estimate of drug-likeness (QED) is 0.568. The normalized spacial score (nSPS) is 65.2. The lowest BCUT2D eigenvalue weighted by atomic mass is 9.66. The zero-order chi connectivity index (χ0) is 11.3. The van der Waals surface area contributed by atoms with Crippen molar-refractivity contribution in [3.05, 3.63) is 0 Å². The topological polar surface area (TPSA) is 12.5 Å². The van der Waals surface area contributed by atoms with Gasteiger partial charge in [-0.3, -0.25) is 0 Å². The summed E-state index contributed by atoms with van der Waals surface area (Å²) in [5.41, 5.74) is 1.44. The SMILES string of the molecule is C[C@@H]1CC[C@H]2C(C)(C)[C@@H]3C[C@]12C[C@H]1O[C@]13C. The van der Waals surface area contributed by atoms with Crippen LogP contribution in [0.25, 0.3) is 0 Å². The molecule has 1 nitrogen and oxygen atoms in total. The molecular formula is C15H24O. The third kappa shape index (κ3) is 0.805. The molecule has 3 aliphatic carbocycles. The van der Waals surface area contributed by atoms with Crippen LogP contribution in [0.15, 0.2) is 0 Å². The molecule has 1 heterocycles. The molecule has 1 heteroatoms. The fraction of sp³-hybridized carbons (Fsp3) is 1.00. The third-order valence-corrected chi connectivity index (χ3v) is 7.18. The van der Waals surface area contributed by atoms with Gasteiger partial charge < -0.3 is 4.74 Å². The highest BCUT2D eigenvalue weighted by Gasteiger charge is 2.76. The summed E-state index contributed by atoms with van der Waals surface area (Å²) in [6, 6.07) is 0. The first-order valence-electron chi connectivity index (χ1n) is 7.09. The van der Waals surface area contributed by atoms with Gasteiger partial charge >= 0.3 is 0 Å².